The number of hydrogen-bond donors (Lipinski definition) is 2. The number of ether oxygens (including phenoxy) is 2. The van der Waals surface area contributed by atoms with Gasteiger partial charge < -0.3 is 20.5 Å². The van der Waals surface area contributed by atoms with Gasteiger partial charge in [-0.05, 0) is 18.9 Å². The fraction of sp³-hybridized carbons (Fsp3) is 0.429. The molecule has 1 fully saturated rings. The Morgan fingerprint density at radius 3 is 3.19 bits per heavy atom. The van der Waals surface area contributed by atoms with Gasteiger partial charge in [-0.1, -0.05) is 11.3 Å². The Balaban J connectivity index is 1.76. The van der Waals surface area contributed by atoms with Gasteiger partial charge >= 0.3 is 0 Å². The van der Waals surface area contributed by atoms with Gasteiger partial charge in [-0.25, -0.2) is 4.98 Å². The molecule has 1 atom stereocenters. The summed E-state index contributed by atoms with van der Waals surface area (Å²) in [6, 6.07) is 3.55. The van der Waals surface area contributed by atoms with Crippen molar-refractivity contribution in [1.82, 2.24) is 4.98 Å². The molecule has 112 valence electrons. The number of benzene rings is 1. The molecule has 3 rings (SSSR count). The number of amides is 1. The lowest BCUT2D eigenvalue weighted by atomic mass is 10.2. The van der Waals surface area contributed by atoms with Gasteiger partial charge in [0.15, 0.2) is 5.13 Å². The number of carbonyl (C=O) groups is 1. The third kappa shape index (κ3) is 3.08. The van der Waals surface area contributed by atoms with Gasteiger partial charge in [0.1, 0.15) is 11.3 Å². The van der Waals surface area contributed by atoms with Gasteiger partial charge in [-0.15, -0.1) is 0 Å². The predicted molar refractivity (Wildman–Crippen MR) is 82.8 cm³/mol. The summed E-state index contributed by atoms with van der Waals surface area (Å²) in [4.78, 5) is 16.4. The Morgan fingerprint density at radius 2 is 2.48 bits per heavy atom. The van der Waals surface area contributed by atoms with Crippen LogP contribution >= 0.6 is 11.3 Å². The molecule has 1 amide bonds. The van der Waals surface area contributed by atoms with Crippen LogP contribution in [0.2, 0.25) is 0 Å². The van der Waals surface area contributed by atoms with Gasteiger partial charge in [0.05, 0.1) is 24.3 Å². The van der Waals surface area contributed by atoms with E-state index in [1.54, 1.807) is 13.2 Å². The second-order valence-electron chi connectivity index (χ2n) is 4.98. The van der Waals surface area contributed by atoms with Crippen molar-refractivity contribution in [1.29, 1.82) is 0 Å². The topological polar surface area (TPSA) is 86.5 Å². The molecule has 1 saturated heterocycles. The van der Waals surface area contributed by atoms with Gasteiger partial charge in [-0.3, -0.25) is 4.79 Å². The fourth-order valence-electron chi connectivity index (χ4n) is 2.41. The van der Waals surface area contributed by atoms with E-state index in [1.807, 2.05) is 6.07 Å². The molecule has 6 nitrogen and oxygen atoms in total. The van der Waals surface area contributed by atoms with E-state index in [4.69, 9.17) is 15.2 Å². The molecule has 3 N–H and O–H groups in total. The van der Waals surface area contributed by atoms with E-state index in [2.05, 4.69) is 10.3 Å². The maximum absolute atomic E-state index is 12.0. The van der Waals surface area contributed by atoms with Crippen LogP contribution in [0.5, 0.6) is 5.75 Å². The first-order valence-electron chi connectivity index (χ1n) is 6.81. The van der Waals surface area contributed by atoms with Crippen LogP contribution in [0.25, 0.3) is 10.2 Å². The summed E-state index contributed by atoms with van der Waals surface area (Å²) in [5.74, 6) is 0.536. The summed E-state index contributed by atoms with van der Waals surface area (Å²) in [7, 11) is 1.57. The minimum absolute atomic E-state index is 0.0320. The van der Waals surface area contributed by atoms with Crippen molar-refractivity contribution in [3.05, 3.63) is 12.1 Å². The molecule has 1 aromatic heterocycles. The van der Waals surface area contributed by atoms with Gasteiger partial charge in [0.2, 0.25) is 5.91 Å². The molecule has 0 bridgehead atoms. The maximum Gasteiger partial charge on any atom is 0.228 e. The molecule has 7 heteroatoms. The van der Waals surface area contributed by atoms with Crippen molar-refractivity contribution in [2.45, 2.75) is 25.4 Å². The van der Waals surface area contributed by atoms with E-state index in [0.717, 1.165) is 24.1 Å². The highest BCUT2D eigenvalue weighted by Gasteiger charge is 2.20. The molecule has 0 spiro atoms. The number of nitrogens with one attached hydrogen (secondary N) is 1. The number of nitrogen functional groups attached to an aromatic ring is 1. The number of fused-ring (bicyclic) bond motifs is 1. The van der Waals surface area contributed by atoms with E-state index in [9.17, 15) is 4.79 Å². The zero-order chi connectivity index (χ0) is 14.8. The summed E-state index contributed by atoms with van der Waals surface area (Å²) < 4.78 is 11.6. The van der Waals surface area contributed by atoms with E-state index < -0.39 is 0 Å². The number of hydrogen-bond acceptors (Lipinski definition) is 6. The first kappa shape index (κ1) is 14.1. The normalized spacial score (nSPS) is 18.0. The lowest BCUT2D eigenvalue weighted by Gasteiger charge is -2.07. The minimum Gasteiger partial charge on any atom is -0.494 e. The maximum atomic E-state index is 12.0. The van der Waals surface area contributed by atoms with Crippen LogP contribution in [-0.4, -0.2) is 30.7 Å². The van der Waals surface area contributed by atoms with Gasteiger partial charge in [0.25, 0.3) is 0 Å². The summed E-state index contributed by atoms with van der Waals surface area (Å²) in [6.07, 6.45) is 2.37. The fourth-order valence-corrected chi connectivity index (χ4v) is 3.36. The van der Waals surface area contributed by atoms with Crippen LogP contribution in [0.15, 0.2) is 12.1 Å². The average molecular weight is 307 g/mol. The quantitative estimate of drug-likeness (QED) is 0.847. The van der Waals surface area contributed by atoms with E-state index in [1.165, 1.54) is 11.3 Å². The number of carbonyl (C=O) groups excluding carboxylic acids is 1. The Bertz CT molecular complexity index is 665. The first-order chi connectivity index (χ1) is 10.2. The molecule has 0 radical (unpaired) electrons. The zero-order valence-electron chi connectivity index (χ0n) is 11.7. The zero-order valence-corrected chi connectivity index (χ0v) is 12.5. The lowest BCUT2D eigenvalue weighted by Crippen LogP contribution is -2.19. The summed E-state index contributed by atoms with van der Waals surface area (Å²) in [6.45, 7) is 0.746. The number of nitrogens with zero attached hydrogens (tertiary/aromatic N) is 1. The van der Waals surface area contributed by atoms with Crippen LogP contribution in [0.1, 0.15) is 19.3 Å². The number of methoxy groups -OCH3 is 1. The average Bonchev–Trinajstić information content (AvgIpc) is 3.06. The van der Waals surface area contributed by atoms with Gasteiger partial charge in [0, 0.05) is 18.4 Å². The van der Waals surface area contributed by atoms with Crippen molar-refractivity contribution < 1.29 is 14.3 Å². The van der Waals surface area contributed by atoms with Crippen LogP contribution in [0.3, 0.4) is 0 Å². The number of aromatic nitrogens is 1. The molecule has 1 aromatic carbocycles. The summed E-state index contributed by atoms with van der Waals surface area (Å²) in [5, 5.41) is 3.37. The second kappa shape index (κ2) is 5.87. The monoisotopic (exact) mass is 307 g/mol. The molecule has 2 heterocycles. The highest BCUT2D eigenvalue weighted by Crippen LogP contribution is 2.34. The van der Waals surface area contributed by atoms with Crippen LogP contribution in [-0.2, 0) is 9.53 Å². The molecule has 0 saturated carbocycles. The second-order valence-corrected chi connectivity index (χ2v) is 6.01. The Hall–Kier alpha value is -1.86. The standard InChI is InChI=1S/C14H17N3O3S/c1-19-10-5-8(15)6-11-13(10)17-14(21-11)16-12(18)7-9-3-2-4-20-9/h5-6,9H,2-4,7,15H2,1H3,(H,16,17,18). The molecule has 1 aliphatic heterocycles. The Morgan fingerprint density at radius 1 is 1.62 bits per heavy atom. The Labute approximate surface area is 126 Å². The molecular weight excluding hydrogens is 290 g/mol. The summed E-state index contributed by atoms with van der Waals surface area (Å²) >= 11 is 1.38. The number of thiazole rings is 1. The smallest absolute Gasteiger partial charge is 0.228 e. The third-order valence-corrected chi connectivity index (χ3v) is 4.30. The van der Waals surface area contributed by atoms with Gasteiger partial charge in [-0.2, -0.15) is 0 Å². The number of anilines is 2. The lowest BCUT2D eigenvalue weighted by molar-refractivity contribution is -0.118. The van der Waals surface area contributed by atoms with E-state index in [-0.39, 0.29) is 12.0 Å². The number of rotatable bonds is 4. The highest BCUT2D eigenvalue weighted by atomic mass is 32.1. The van der Waals surface area contributed by atoms with Crippen molar-refractivity contribution >= 4 is 38.3 Å². The largest absolute Gasteiger partial charge is 0.494 e. The minimum atomic E-state index is -0.0760. The first-order valence-corrected chi connectivity index (χ1v) is 7.63. The van der Waals surface area contributed by atoms with Crippen molar-refractivity contribution in [2.24, 2.45) is 0 Å². The summed E-state index contributed by atoms with van der Waals surface area (Å²) in [5.41, 5.74) is 7.14. The van der Waals surface area contributed by atoms with Crippen molar-refractivity contribution in [3.63, 3.8) is 0 Å². The molecule has 21 heavy (non-hydrogen) atoms. The van der Waals surface area contributed by atoms with Crippen LogP contribution in [0, 0.1) is 0 Å². The van der Waals surface area contributed by atoms with Crippen molar-refractivity contribution in [3.8, 4) is 5.75 Å². The van der Waals surface area contributed by atoms with Crippen molar-refractivity contribution in [2.75, 3.05) is 24.8 Å². The molecule has 2 aromatic rings. The molecule has 0 aliphatic carbocycles. The SMILES string of the molecule is COc1cc(N)cc2sc(NC(=O)CC3CCCO3)nc12. The third-order valence-electron chi connectivity index (χ3n) is 3.39. The Kier molecular flexibility index (Phi) is 3.94. The van der Waals surface area contributed by atoms with E-state index >= 15 is 0 Å². The number of nitrogens with two attached hydrogens (primary N) is 1. The molecule has 1 aliphatic rings. The van der Waals surface area contributed by atoms with Crippen LogP contribution < -0.4 is 15.8 Å². The predicted octanol–water partition coefficient (Wildman–Crippen LogP) is 2.39. The highest BCUT2D eigenvalue weighted by molar-refractivity contribution is 7.22. The molecule has 1 unspecified atom stereocenters. The molecular formula is C14H17N3O3S. The van der Waals surface area contributed by atoms with E-state index in [0.29, 0.717) is 28.5 Å². The van der Waals surface area contributed by atoms with Crippen LogP contribution in [0.4, 0.5) is 10.8 Å².